The van der Waals surface area contributed by atoms with Crippen LogP contribution in [0.4, 0.5) is 11.4 Å². The van der Waals surface area contributed by atoms with Crippen LogP contribution in [0, 0.1) is 6.92 Å². The highest BCUT2D eigenvalue weighted by Crippen LogP contribution is 2.24. The van der Waals surface area contributed by atoms with Gasteiger partial charge in [-0.3, -0.25) is 9.36 Å². The van der Waals surface area contributed by atoms with Crippen LogP contribution in [-0.4, -0.2) is 45.6 Å². The number of rotatable bonds is 12. The van der Waals surface area contributed by atoms with E-state index in [4.69, 9.17) is 9.47 Å². The van der Waals surface area contributed by atoms with Crippen molar-refractivity contribution in [2.45, 2.75) is 32.5 Å². The first-order valence-electron chi connectivity index (χ1n) is 12.6. The third-order valence-electron chi connectivity index (χ3n) is 5.60. The molecule has 0 aliphatic heterocycles. The van der Waals surface area contributed by atoms with Crippen molar-refractivity contribution in [2.24, 2.45) is 0 Å². The third kappa shape index (κ3) is 7.61. The first kappa shape index (κ1) is 27.7. The Labute approximate surface area is 231 Å². The monoisotopic (exact) mass is 545 g/mol. The minimum Gasteiger partial charge on any atom is -0.494 e. The Hall–Kier alpha value is -4.31. The van der Waals surface area contributed by atoms with Crippen molar-refractivity contribution < 1.29 is 19.1 Å². The maximum atomic E-state index is 12.7. The van der Waals surface area contributed by atoms with Gasteiger partial charge in [0.15, 0.2) is 11.0 Å². The number of carbonyl (C=O) groups is 2. The summed E-state index contributed by atoms with van der Waals surface area (Å²) in [4.78, 5) is 24.8. The van der Waals surface area contributed by atoms with Crippen LogP contribution in [-0.2, 0) is 16.1 Å². The van der Waals surface area contributed by atoms with E-state index in [2.05, 4.69) is 20.8 Å². The fraction of sp³-hybridized carbons (Fsp3) is 0.241. The third-order valence-corrected chi connectivity index (χ3v) is 6.53. The van der Waals surface area contributed by atoms with E-state index in [1.54, 1.807) is 31.2 Å². The lowest BCUT2D eigenvalue weighted by Crippen LogP contribution is -2.15. The molecule has 3 aromatic carbocycles. The molecule has 0 saturated carbocycles. The van der Waals surface area contributed by atoms with Gasteiger partial charge in [-0.2, -0.15) is 0 Å². The lowest BCUT2D eigenvalue weighted by Gasteiger charge is -2.12. The number of benzene rings is 3. The van der Waals surface area contributed by atoms with Gasteiger partial charge in [-0.25, -0.2) is 4.79 Å². The molecule has 0 unspecified atom stereocenters. The molecule has 202 valence electrons. The van der Waals surface area contributed by atoms with E-state index in [1.165, 1.54) is 11.8 Å². The molecule has 1 amide bonds. The highest BCUT2D eigenvalue weighted by Gasteiger charge is 2.17. The van der Waals surface area contributed by atoms with Crippen LogP contribution in [0.5, 0.6) is 5.75 Å². The number of esters is 1. The van der Waals surface area contributed by atoms with Gasteiger partial charge in [0.05, 0.1) is 31.1 Å². The summed E-state index contributed by atoms with van der Waals surface area (Å²) < 4.78 is 12.5. The standard InChI is InChI=1S/C29H31N5O4S/c1-4-37-25-15-11-22(12-16-25)30-18-26-32-33-29(34(26)24-13-9-20(3)10-14-24)39-19-27(35)31-23-8-6-7-21(17-23)28(36)38-5-2/h6-17,30H,4-5,18-19H2,1-3H3,(H,31,35). The van der Waals surface area contributed by atoms with Crippen LogP contribution in [0.15, 0.2) is 78.0 Å². The molecule has 0 radical (unpaired) electrons. The summed E-state index contributed by atoms with van der Waals surface area (Å²) in [6.07, 6.45) is 0. The average Bonchev–Trinajstić information content (AvgIpc) is 3.35. The highest BCUT2D eigenvalue weighted by molar-refractivity contribution is 7.99. The highest BCUT2D eigenvalue weighted by atomic mass is 32.2. The number of hydrogen-bond acceptors (Lipinski definition) is 8. The zero-order chi connectivity index (χ0) is 27.6. The van der Waals surface area contributed by atoms with Crippen LogP contribution < -0.4 is 15.4 Å². The molecule has 10 heteroatoms. The Bertz CT molecular complexity index is 1400. The summed E-state index contributed by atoms with van der Waals surface area (Å²) in [5.74, 6) is 0.974. The molecular formula is C29H31N5O4S. The average molecular weight is 546 g/mol. The van der Waals surface area contributed by atoms with E-state index in [-0.39, 0.29) is 18.3 Å². The number of aromatic nitrogens is 3. The molecule has 4 rings (SSSR count). The van der Waals surface area contributed by atoms with E-state index < -0.39 is 5.97 Å². The number of nitrogens with zero attached hydrogens (tertiary/aromatic N) is 3. The molecule has 0 saturated heterocycles. The van der Waals surface area contributed by atoms with Gasteiger partial charge in [-0.15, -0.1) is 10.2 Å². The number of nitrogens with one attached hydrogen (secondary N) is 2. The smallest absolute Gasteiger partial charge is 0.338 e. The summed E-state index contributed by atoms with van der Waals surface area (Å²) >= 11 is 1.28. The molecule has 4 aromatic rings. The van der Waals surface area contributed by atoms with Crippen molar-refractivity contribution >= 4 is 35.0 Å². The van der Waals surface area contributed by atoms with E-state index in [9.17, 15) is 9.59 Å². The Morgan fingerprint density at radius 2 is 1.69 bits per heavy atom. The van der Waals surface area contributed by atoms with E-state index in [0.717, 1.165) is 22.7 Å². The first-order chi connectivity index (χ1) is 19.0. The van der Waals surface area contributed by atoms with E-state index in [1.807, 2.05) is 66.9 Å². The Kier molecular flexibility index (Phi) is 9.58. The zero-order valence-electron chi connectivity index (χ0n) is 22.1. The fourth-order valence-electron chi connectivity index (χ4n) is 3.74. The SMILES string of the molecule is CCOC(=O)c1cccc(NC(=O)CSc2nnc(CNc3ccc(OCC)cc3)n2-c2ccc(C)cc2)c1. The van der Waals surface area contributed by atoms with Gasteiger partial charge >= 0.3 is 5.97 Å². The summed E-state index contributed by atoms with van der Waals surface area (Å²) in [7, 11) is 0. The normalized spacial score (nSPS) is 10.6. The summed E-state index contributed by atoms with van der Waals surface area (Å²) in [5, 5.41) is 15.6. The van der Waals surface area contributed by atoms with Crippen molar-refractivity contribution in [2.75, 3.05) is 29.6 Å². The van der Waals surface area contributed by atoms with Gasteiger partial charge < -0.3 is 20.1 Å². The fourth-order valence-corrected chi connectivity index (χ4v) is 4.51. The summed E-state index contributed by atoms with van der Waals surface area (Å²) in [6.45, 7) is 7.06. The second kappa shape index (κ2) is 13.5. The second-order valence-electron chi connectivity index (χ2n) is 8.52. The molecule has 0 fully saturated rings. The second-order valence-corrected chi connectivity index (χ2v) is 9.46. The molecule has 0 bridgehead atoms. The molecule has 39 heavy (non-hydrogen) atoms. The molecule has 0 spiro atoms. The van der Waals surface area contributed by atoms with Gasteiger partial charge in [0.1, 0.15) is 5.75 Å². The molecule has 0 aliphatic carbocycles. The summed E-state index contributed by atoms with van der Waals surface area (Å²) in [6, 6.07) is 22.5. The Balaban J connectivity index is 1.46. The topological polar surface area (TPSA) is 107 Å². The van der Waals surface area contributed by atoms with Crippen LogP contribution in [0.3, 0.4) is 0 Å². The predicted molar refractivity (Wildman–Crippen MR) is 153 cm³/mol. The van der Waals surface area contributed by atoms with Gasteiger partial charge in [-0.1, -0.05) is 35.5 Å². The quantitative estimate of drug-likeness (QED) is 0.178. The minimum absolute atomic E-state index is 0.111. The van der Waals surface area contributed by atoms with Gasteiger partial charge in [0.2, 0.25) is 5.91 Å². The molecule has 0 atom stereocenters. The molecule has 2 N–H and O–H groups in total. The van der Waals surface area contributed by atoms with Crippen molar-refractivity contribution in [3.63, 3.8) is 0 Å². The molecular weight excluding hydrogens is 514 g/mol. The van der Waals surface area contributed by atoms with Gasteiger partial charge in [0, 0.05) is 17.1 Å². The molecule has 1 aromatic heterocycles. The maximum Gasteiger partial charge on any atom is 0.338 e. The van der Waals surface area contributed by atoms with Gasteiger partial charge in [-0.05, 0) is 75.4 Å². The number of carbonyl (C=O) groups excluding carboxylic acids is 2. The zero-order valence-corrected chi connectivity index (χ0v) is 23.0. The van der Waals surface area contributed by atoms with Crippen LogP contribution in [0.1, 0.15) is 35.6 Å². The van der Waals surface area contributed by atoms with Crippen LogP contribution in [0.2, 0.25) is 0 Å². The number of aryl methyl sites for hydroxylation is 1. The van der Waals surface area contributed by atoms with Crippen molar-refractivity contribution in [1.29, 1.82) is 0 Å². The number of amides is 1. The number of thioether (sulfide) groups is 1. The van der Waals surface area contributed by atoms with Crippen LogP contribution >= 0.6 is 11.8 Å². The Morgan fingerprint density at radius 3 is 2.41 bits per heavy atom. The lowest BCUT2D eigenvalue weighted by molar-refractivity contribution is -0.113. The van der Waals surface area contributed by atoms with Crippen molar-refractivity contribution in [1.82, 2.24) is 14.8 Å². The largest absolute Gasteiger partial charge is 0.494 e. The number of anilines is 2. The predicted octanol–water partition coefficient (Wildman–Crippen LogP) is 5.49. The van der Waals surface area contributed by atoms with Crippen molar-refractivity contribution in [3.05, 3.63) is 89.7 Å². The maximum absolute atomic E-state index is 12.7. The molecule has 9 nitrogen and oxygen atoms in total. The first-order valence-corrected chi connectivity index (χ1v) is 13.6. The summed E-state index contributed by atoms with van der Waals surface area (Å²) in [5.41, 5.74) is 3.87. The van der Waals surface area contributed by atoms with Crippen LogP contribution in [0.25, 0.3) is 5.69 Å². The van der Waals surface area contributed by atoms with Gasteiger partial charge in [0.25, 0.3) is 0 Å². The number of ether oxygens (including phenoxy) is 2. The van der Waals surface area contributed by atoms with E-state index in [0.29, 0.717) is 35.4 Å². The lowest BCUT2D eigenvalue weighted by atomic mass is 10.2. The van der Waals surface area contributed by atoms with Crippen molar-refractivity contribution in [3.8, 4) is 11.4 Å². The Morgan fingerprint density at radius 1 is 0.923 bits per heavy atom. The van der Waals surface area contributed by atoms with E-state index >= 15 is 0 Å². The minimum atomic E-state index is -0.430. The number of hydrogen-bond donors (Lipinski definition) is 2. The molecule has 0 aliphatic rings. The molecule has 1 heterocycles.